The Morgan fingerprint density at radius 1 is 1.32 bits per heavy atom. The van der Waals surface area contributed by atoms with E-state index >= 15 is 0 Å². The van der Waals surface area contributed by atoms with Gasteiger partial charge in [0.15, 0.2) is 12.4 Å². The van der Waals surface area contributed by atoms with Gasteiger partial charge >= 0.3 is 0 Å². The molecule has 120 valence electrons. The Morgan fingerprint density at radius 2 is 1.95 bits per heavy atom. The first-order valence-electron chi connectivity index (χ1n) is 7.23. The Bertz CT molecular complexity index is 565. The summed E-state index contributed by atoms with van der Waals surface area (Å²) in [5, 5.41) is 0. The zero-order valence-corrected chi connectivity index (χ0v) is 13.0. The van der Waals surface area contributed by atoms with Crippen LogP contribution in [0.25, 0.3) is 0 Å². The number of hydrogen-bond donors (Lipinski definition) is 0. The lowest BCUT2D eigenvalue weighted by molar-refractivity contribution is -0.145. The van der Waals surface area contributed by atoms with Gasteiger partial charge in [0.2, 0.25) is 0 Å². The molecule has 0 N–H and O–H groups in total. The van der Waals surface area contributed by atoms with Crippen LogP contribution >= 0.6 is 0 Å². The molecular weight excluding hydrogens is 289 g/mol. The molecular formula is C16H20FNO4. The van der Waals surface area contributed by atoms with Gasteiger partial charge in [0.1, 0.15) is 11.6 Å². The van der Waals surface area contributed by atoms with Crippen LogP contribution in [0.1, 0.15) is 31.1 Å². The van der Waals surface area contributed by atoms with Crippen molar-refractivity contribution in [2.75, 3.05) is 19.7 Å². The molecule has 22 heavy (non-hydrogen) atoms. The molecule has 6 heteroatoms. The highest BCUT2D eigenvalue weighted by Gasteiger charge is 2.26. The van der Waals surface area contributed by atoms with Crippen LogP contribution in [0.15, 0.2) is 18.2 Å². The van der Waals surface area contributed by atoms with Gasteiger partial charge in [-0.05, 0) is 32.9 Å². The van der Waals surface area contributed by atoms with E-state index in [2.05, 4.69) is 0 Å². The van der Waals surface area contributed by atoms with Gasteiger partial charge in [-0.3, -0.25) is 9.59 Å². The second-order valence-corrected chi connectivity index (χ2v) is 5.54. The third kappa shape index (κ3) is 4.04. The predicted octanol–water partition coefficient (Wildman–Crippen LogP) is 2.04. The van der Waals surface area contributed by atoms with Gasteiger partial charge in [0.05, 0.1) is 17.8 Å². The summed E-state index contributed by atoms with van der Waals surface area (Å²) >= 11 is 0. The van der Waals surface area contributed by atoms with E-state index in [1.165, 1.54) is 19.1 Å². The summed E-state index contributed by atoms with van der Waals surface area (Å²) in [6.45, 7) is 5.98. The lowest BCUT2D eigenvalue weighted by Crippen LogP contribution is -2.49. The first kappa shape index (κ1) is 16.4. The van der Waals surface area contributed by atoms with E-state index in [0.717, 1.165) is 6.07 Å². The molecule has 1 aliphatic rings. The largest absolute Gasteiger partial charge is 0.484 e. The fourth-order valence-corrected chi connectivity index (χ4v) is 2.49. The highest BCUT2D eigenvalue weighted by atomic mass is 19.1. The molecule has 2 rings (SSSR count). The van der Waals surface area contributed by atoms with Gasteiger partial charge in [-0.2, -0.15) is 0 Å². The topological polar surface area (TPSA) is 55.8 Å². The summed E-state index contributed by atoms with van der Waals surface area (Å²) in [5.74, 6) is -0.939. The van der Waals surface area contributed by atoms with Crippen molar-refractivity contribution in [1.82, 2.24) is 4.90 Å². The molecule has 2 atom stereocenters. The zero-order chi connectivity index (χ0) is 16.3. The highest BCUT2D eigenvalue weighted by molar-refractivity contribution is 5.94. The van der Waals surface area contributed by atoms with Crippen LogP contribution in [0.3, 0.4) is 0 Å². The fourth-order valence-electron chi connectivity index (χ4n) is 2.49. The Kier molecular flexibility index (Phi) is 5.13. The van der Waals surface area contributed by atoms with Crippen molar-refractivity contribution >= 4 is 11.7 Å². The van der Waals surface area contributed by atoms with Crippen LogP contribution in [0.2, 0.25) is 0 Å². The third-order valence-electron chi connectivity index (χ3n) is 3.45. The minimum atomic E-state index is -0.647. The predicted molar refractivity (Wildman–Crippen MR) is 78.5 cm³/mol. The van der Waals surface area contributed by atoms with Gasteiger partial charge < -0.3 is 14.4 Å². The van der Waals surface area contributed by atoms with Gasteiger partial charge in [0, 0.05) is 19.2 Å². The van der Waals surface area contributed by atoms with E-state index in [1.807, 2.05) is 13.8 Å². The van der Waals surface area contributed by atoms with Crippen molar-refractivity contribution in [3.05, 3.63) is 29.6 Å². The van der Waals surface area contributed by atoms with Crippen LogP contribution in [-0.2, 0) is 9.53 Å². The van der Waals surface area contributed by atoms with E-state index in [1.54, 1.807) is 4.90 Å². The van der Waals surface area contributed by atoms with Crippen LogP contribution in [0, 0.1) is 5.82 Å². The number of nitrogens with zero attached hydrogens (tertiary/aromatic N) is 1. The molecule has 1 saturated heterocycles. The second-order valence-electron chi connectivity index (χ2n) is 5.54. The molecule has 0 spiro atoms. The summed E-state index contributed by atoms with van der Waals surface area (Å²) in [4.78, 5) is 25.0. The molecule has 5 nitrogen and oxygen atoms in total. The van der Waals surface area contributed by atoms with E-state index in [-0.39, 0.29) is 41.8 Å². The molecule has 1 fully saturated rings. The Morgan fingerprint density at radius 3 is 2.50 bits per heavy atom. The third-order valence-corrected chi connectivity index (χ3v) is 3.45. The number of Topliss-reactive ketones (excluding diaryl/α,β-unsaturated/α-hetero) is 1. The number of ether oxygens (including phenoxy) is 2. The van der Waals surface area contributed by atoms with E-state index in [4.69, 9.17) is 9.47 Å². The van der Waals surface area contributed by atoms with Crippen LogP contribution in [0.5, 0.6) is 5.75 Å². The lowest BCUT2D eigenvalue weighted by Gasteiger charge is -2.35. The van der Waals surface area contributed by atoms with E-state index < -0.39 is 5.82 Å². The number of halogens is 1. The summed E-state index contributed by atoms with van der Waals surface area (Å²) in [7, 11) is 0. The molecule has 0 aliphatic carbocycles. The number of rotatable bonds is 4. The smallest absolute Gasteiger partial charge is 0.260 e. The molecule has 0 aromatic heterocycles. The monoisotopic (exact) mass is 309 g/mol. The Balaban J connectivity index is 1.93. The van der Waals surface area contributed by atoms with Crippen molar-refractivity contribution in [2.24, 2.45) is 0 Å². The number of morpholine rings is 1. The molecule has 1 aromatic carbocycles. The van der Waals surface area contributed by atoms with Crippen molar-refractivity contribution in [3.63, 3.8) is 0 Å². The average molecular weight is 309 g/mol. The van der Waals surface area contributed by atoms with E-state index in [9.17, 15) is 14.0 Å². The molecule has 1 aromatic rings. The maximum atomic E-state index is 13.7. The Labute approximate surface area is 129 Å². The zero-order valence-electron chi connectivity index (χ0n) is 13.0. The van der Waals surface area contributed by atoms with Crippen LogP contribution < -0.4 is 4.74 Å². The summed E-state index contributed by atoms with van der Waals surface area (Å²) in [5.41, 5.74) is 0.00880. The molecule has 1 aliphatic heterocycles. The van der Waals surface area contributed by atoms with Crippen molar-refractivity contribution < 1.29 is 23.5 Å². The average Bonchev–Trinajstić information content (AvgIpc) is 2.43. The van der Waals surface area contributed by atoms with Gasteiger partial charge in [0.25, 0.3) is 5.91 Å². The molecule has 0 radical (unpaired) electrons. The molecule has 2 unspecified atom stereocenters. The number of hydrogen-bond acceptors (Lipinski definition) is 4. The van der Waals surface area contributed by atoms with Gasteiger partial charge in [-0.1, -0.05) is 0 Å². The summed E-state index contributed by atoms with van der Waals surface area (Å²) < 4.78 is 24.6. The molecule has 1 heterocycles. The quantitative estimate of drug-likeness (QED) is 0.799. The molecule has 0 saturated carbocycles. The SMILES string of the molecule is CC(=O)c1ccc(OCC(=O)N2CC(C)OC(C)C2)cc1F. The van der Waals surface area contributed by atoms with Crippen molar-refractivity contribution in [3.8, 4) is 5.75 Å². The standard InChI is InChI=1S/C16H20FNO4/c1-10-7-18(8-11(2)22-10)16(20)9-21-13-4-5-14(12(3)19)15(17)6-13/h4-6,10-11H,7-9H2,1-3H3. The number of carbonyl (C=O) groups excluding carboxylic acids is 2. The first-order chi connectivity index (χ1) is 10.4. The Hall–Kier alpha value is -1.95. The number of benzene rings is 1. The van der Waals surface area contributed by atoms with Crippen LogP contribution in [0.4, 0.5) is 4.39 Å². The van der Waals surface area contributed by atoms with Crippen molar-refractivity contribution in [2.45, 2.75) is 33.0 Å². The van der Waals surface area contributed by atoms with Crippen molar-refractivity contribution in [1.29, 1.82) is 0 Å². The second kappa shape index (κ2) is 6.87. The van der Waals surface area contributed by atoms with E-state index in [0.29, 0.717) is 13.1 Å². The minimum Gasteiger partial charge on any atom is -0.484 e. The van der Waals surface area contributed by atoms with Gasteiger partial charge in [-0.25, -0.2) is 4.39 Å². The molecule has 0 bridgehead atoms. The maximum Gasteiger partial charge on any atom is 0.260 e. The maximum absolute atomic E-state index is 13.7. The normalized spacial score (nSPS) is 21.5. The summed E-state index contributed by atoms with van der Waals surface area (Å²) in [6, 6.07) is 3.96. The summed E-state index contributed by atoms with van der Waals surface area (Å²) in [6.07, 6.45) is -0.0278. The number of carbonyl (C=O) groups is 2. The first-order valence-corrected chi connectivity index (χ1v) is 7.23. The highest BCUT2D eigenvalue weighted by Crippen LogP contribution is 2.18. The number of amides is 1. The fraction of sp³-hybridized carbons (Fsp3) is 0.500. The van der Waals surface area contributed by atoms with Crippen LogP contribution in [-0.4, -0.2) is 48.5 Å². The molecule has 1 amide bonds. The van der Waals surface area contributed by atoms with Gasteiger partial charge in [-0.15, -0.1) is 0 Å². The lowest BCUT2D eigenvalue weighted by atomic mass is 10.1. The number of ketones is 1. The minimum absolute atomic E-state index is 0.00880.